The van der Waals surface area contributed by atoms with E-state index in [1.807, 2.05) is 36.4 Å². The molecule has 104 valence electrons. The van der Waals surface area contributed by atoms with Gasteiger partial charge in [0.05, 0.1) is 6.61 Å². The maximum absolute atomic E-state index is 9.11. The van der Waals surface area contributed by atoms with Gasteiger partial charge in [0.15, 0.2) is 5.11 Å². The molecule has 0 heterocycles. The molecule has 20 heavy (non-hydrogen) atoms. The van der Waals surface area contributed by atoms with E-state index in [2.05, 4.69) is 29.7 Å². The van der Waals surface area contributed by atoms with Crippen molar-refractivity contribution in [2.45, 2.75) is 20.0 Å². The predicted octanol–water partition coefficient (Wildman–Crippen LogP) is 3.55. The molecule has 0 saturated heterocycles. The molecule has 0 saturated carbocycles. The van der Waals surface area contributed by atoms with Crippen molar-refractivity contribution in [1.82, 2.24) is 0 Å². The number of hydrogen-bond donors (Lipinski definition) is 3. The number of aliphatic hydroxyl groups is 1. The number of aliphatic hydroxyl groups excluding tert-OH is 1. The average molecular weight is 286 g/mol. The Morgan fingerprint density at radius 2 is 1.55 bits per heavy atom. The van der Waals surface area contributed by atoms with Crippen molar-refractivity contribution in [3.05, 3.63) is 59.7 Å². The molecule has 0 spiro atoms. The molecule has 0 aliphatic rings. The van der Waals surface area contributed by atoms with Gasteiger partial charge in [-0.3, -0.25) is 0 Å². The Hall–Kier alpha value is -1.91. The van der Waals surface area contributed by atoms with Gasteiger partial charge in [-0.25, -0.2) is 0 Å². The van der Waals surface area contributed by atoms with E-state index in [4.69, 9.17) is 17.3 Å². The van der Waals surface area contributed by atoms with E-state index in [1.54, 1.807) is 0 Å². The van der Waals surface area contributed by atoms with E-state index in [0.717, 1.165) is 23.4 Å². The van der Waals surface area contributed by atoms with E-state index in [9.17, 15) is 0 Å². The monoisotopic (exact) mass is 286 g/mol. The molecule has 0 atom stereocenters. The lowest BCUT2D eigenvalue weighted by atomic mass is 10.1. The summed E-state index contributed by atoms with van der Waals surface area (Å²) in [6.45, 7) is 2.14. The van der Waals surface area contributed by atoms with E-state index < -0.39 is 0 Å². The second-order valence-electron chi connectivity index (χ2n) is 4.49. The molecule has 0 aliphatic heterocycles. The van der Waals surface area contributed by atoms with Gasteiger partial charge in [-0.15, -0.1) is 0 Å². The molecule has 2 rings (SSSR count). The van der Waals surface area contributed by atoms with Gasteiger partial charge in [0.1, 0.15) is 0 Å². The van der Waals surface area contributed by atoms with Crippen LogP contribution in [0.5, 0.6) is 0 Å². The van der Waals surface area contributed by atoms with Crippen LogP contribution in [0.3, 0.4) is 0 Å². The normalized spacial score (nSPS) is 10.1. The molecular formula is C16H18N2OS. The summed E-state index contributed by atoms with van der Waals surface area (Å²) in [5.41, 5.74) is 3.95. The molecule has 0 unspecified atom stereocenters. The fourth-order valence-corrected chi connectivity index (χ4v) is 2.15. The Kier molecular flexibility index (Phi) is 5.09. The second kappa shape index (κ2) is 7.03. The molecular weight excluding hydrogens is 268 g/mol. The Labute approximate surface area is 124 Å². The summed E-state index contributed by atoms with van der Waals surface area (Å²) in [7, 11) is 0. The summed E-state index contributed by atoms with van der Waals surface area (Å²) in [4.78, 5) is 0. The van der Waals surface area contributed by atoms with Crippen molar-refractivity contribution >= 4 is 28.7 Å². The first kappa shape index (κ1) is 14.5. The van der Waals surface area contributed by atoms with E-state index in [-0.39, 0.29) is 6.61 Å². The van der Waals surface area contributed by atoms with Crippen LogP contribution in [0.1, 0.15) is 18.1 Å². The van der Waals surface area contributed by atoms with Crippen molar-refractivity contribution in [1.29, 1.82) is 0 Å². The number of benzene rings is 2. The molecule has 4 heteroatoms. The number of rotatable bonds is 4. The fourth-order valence-electron chi connectivity index (χ4n) is 1.91. The highest BCUT2D eigenvalue weighted by molar-refractivity contribution is 7.80. The maximum Gasteiger partial charge on any atom is 0.175 e. The van der Waals surface area contributed by atoms with E-state index >= 15 is 0 Å². The van der Waals surface area contributed by atoms with Gasteiger partial charge >= 0.3 is 0 Å². The molecule has 2 aromatic rings. The lowest BCUT2D eigenvalue weighted by Crippen LogP contribution is -2.19. The topological polar surface area (TPSA) is 44.3 Å². The predicted molar refractivity (Wildman–Crippen MR) is 88.0 cm³/mol. The largest absolute Gasteiger partial charge is 0.392 e. The highest BCUT2D eigenvalue weighted by atomic mass is 32.1. The van der Waals surface area contributed by atoms with Gasteiger partial charge in [0.2, 0.25) is 0 Å². The highest BCUT2D eigenvalue weighted by Crippen LogP contribution is 2.14. The number of aryl methyl sites for hydroxylation is 1. The summed E-state index contributed by atoms with van der Waals surface area (Å²) >= 11 is 5.29. The SMILES string of the molecule is CCc1cccc(NC(=S)Nc2cccc(CO)c2)c1. The molecule has 0 fully saturated rings. The van der Waals surface area contributed by atoms with Crippen LogP contribution >= 0.6 is 12.2 Å². The van der Waals surface area contributed by atoms with Gasteiger partial charge in [0.25, 0.3) is 0 Å². The molecule has 0 radical (unpaired) electrons. The van der Waals surface area contributed by atoms with Crippen LogP contribution < -0.4 is 10.6 Å². The van der Waals surface area contributed by atoms with Gasteiger partial charge in [0, 0.05) is 11.4 Å². The zero-order chi connectivity index (χ0) is 14.4. The lowest BCUT2D eigenvalue weighted by Gasteiger charge is -2.12. The smallest absolute Gasteiger partial charge is 0.175 e. The Morgan fingerprint density at radius 3 is 2.10 bits per heavy atom. The van der Waals surface area contributed by atoms with Gasteiger partial charge < -0.3 is 15.7 Å². The highest BCUT2D eigenvalue weighted by Gasteiger charge is 2.00. The van der Waals surface area contributed by atoms with Crippen molar-refractivity contribution in [3.63, 3.8) is 0 Å². The first-order chi connectivity index (χ1) is 9.71. The number of anilines is 2. The minimum absolute atomic E-state index is 0.0221. The maximum atomic E-state index is 9.11. The van der Waals surface area contributed by atoms with Gasteiger partial charge in [-0.2, -0.15) is 0 Å². The van der Waals surface area contributed by atoms with E-state index in [1.165, 1.54) is 5.56 Å². The third-order valence-corrected chi connectivity index (χ3v) is 3.16. The third kappa shape index (κ3) is 4.05. The average Bonchev–Trinajstić information content (AvgIpc) is 2.47. The summed E-state index contributed by atoms with van der Waals surface area (Å²) in [5, 5.41) is 15.9. The van der Waals surface area contributed by atoms with Crippen molar-refractivity contribution in [3.8, 4) is 0 Å². The molecule has 2 aromatic carbocycles. The van der Waals surface area contributed by atoms with Gasteiger partial charge in [-0.05, 0) is 54.0 Å². The fraction of sp³-hybridized carbons (Fsp3) is 0.188. The van der Waals surface area contributed by atoms with Crippen LogP contribution in [0.2, 0.25) is 0 Å². The van der Waals surface area contributed by atoms with Crippen LogP contribution in [-0.2, 0) is 13.0 Å². The minimum Gasteiger partial charge on any atom is -0.392 e. The minimum atomic E-state index is 0.0221. The van der Waals surface area contributed by atoms with Crippen LogP contribution in [0.25, 0.3) is 0 Å². The summed E-state index contributed by atoms with van der Waals surface area (Å²) in [6.07, 6.45) is 0.994. The number of hydrogen-bond acceptors (Lipinski definition) is 2. The summed E-state index contributed by atoms with van der Waals surface area (Å²) < 4.78 is 0. The number of thiocarbonyl (C=S) groups is 1. The first-order valence-corrected chi connectivity index (χ1v) is 6.99. The van der Waals surface area contributed by atoms with Crippen molar-refractivity contribution in [2.75, 3.05) is 10.6 Å². The summed E-state index contributed by atoms with van der Waals surface area (Å²) in [5.74, 6) is 0. The van der Waals surface area contributed by atoms with Crippen LogP contribution in [-0.4, -0.2) is 10.2 Å². The van der Waals surface area contributed by atoms with Crippen LogP contribution in [0.4, 0.5) is 11.4 Å². The Bertz CT molecular complexity index is 547. The summed E-state index contributed by atoms with van der Waals surface area (Å²) in [6, 6.07) is 15.7. The molecule has 0 bridgehead atoms. The lowest BCUT2D eigenvalue weighted by molar-refractivity contribution is 0.282. The number of nitrogens with one attached hydrogen (secondary N) is 2. The van der Waals surface area contributed by atoms with Gasteiger partial charge in [-0.1, -0.05) is 31.2 Å². The molecule has 3 N–H and O–H groups in total. The Balaban J connectivity index is 2.01. The van der Waals surface area contributed by atoms with Crippen molar-refractivity contribution in [2.24, 2.45) is 0 Å². The zero-order valence-corrected chi connectivity index (χ0v) is 12.2. The standard InChI is InChI=1S/C16H18N2OS/c1-2-12-5-3-7-14(9-12)17-16(20)18-15-8-4-6-13(10-15)11-19/h3-10,19H,2,11H2,1H3,(H2,17,18,20). The molecule has 0 amide bonds. The molecule has 0 aromatic heterocycles. The third-order valence-electron chi connectivity index (χ3n) is 2.96. The quantitative estimate of drug-likeness (QED) is 0.752. The first-order valence-electron chi connectivity index (χ1n) is 6.58. The molecule has 3 nitrogen and oxygen atoms in total. The van der Waals surface area contributed by atoms with E-state index in [0.29, 0.717) is 5.11 Å². The second-order valence-corrected chi connectivity index (χ2v) is 4.90. The Morgan fingerprint density at radius 1 is 1.00 bits per heavy atom. The molecule has 0 aliphatic carbocycles. The van der Waals surface area contributed by atoms with Crippen molar-refractivity contribution < 1.29 is 5.11 Å². The zero-order valence-electron chi connectivity index (χ0n) is 11.4. The van der Waals surface area contributed by atoms with Crippen LogP contribution in [0.15, 0.2) is 48.5 Å². The van der Waals surface area contributed by atoms with Crippen LogP contribution in [0, 0.1) is 0 Å².